The first kappa shape index (κ1) is 17.0. The zero-order chi connectivity index (χ0) is 15.5. The summed E-state index contributed by atoms with van der Waals surface area (Å²) in [6, 6.07) is 5.79. The van der Waals surface area contributed by atoms with Crippen molar-refractivity contribution in [3.8, 4) is 0 Å². The van der Waals surface area contributed by atoms with E-state index in [1.807, 2.05) is 12.1 Å². The summed E-state index contributed by atoms with van der Waals surface area (Å²) in [5.74, 6) is 0.422. The van der Waals surface area contributed by atoms with E-state index in [0.717, 1.165) is 13.0 Å². The molecular weight excluding hydrogens is 329 g/mol. The lowest BCUT2D eigenvalue weighted by Crippen LogP contribution is -2.39. The Labute approximate surface area is 136 Å². The fourth-order valence-corrected chi connectivity index (χ4v) is 4.03. The SMILES string of the molecule is CCCNC(c1ccc(F)c(Br)c1)C1CCCCC1(C)C. The first-order valence-electron chi connectivity index (χ1n) is 8.14. The molecule has 1 N–H and O–H groups in total. The lowest BCUT2D eigenvalue weighted by molar-refractivity contribution is 0.0981. The van der Waals surface area contributed by atoms with Gasteiger partial charge < -0.3 is 5.32 Å². The van der Waals surface area contributed by atoms with Crippen LogP contribution in [0, 0.1) is 17.2 Å². The summed E-state index contributed by atoms with van der Waals surface area (Å²) in [5.41, 5.74) is 1.54. The fourth-order valence-electron chi connectivity index (χ4n) is 3.64. The van der Waals surface area contributed by atoms with Crippen molar-refractivity contribution in [2.45, 2.75) is 58.9 Å². The average molecular weight is 356 g/mol. The van der Waals surface area contributed by atoms with E-state index in [0.29, 0.717) is 21.8 Å². The normalized spacial score (nSPS) is 23.0. The standard InChI is InChI=1S/C18H27BrFN/c1-4-11-21-17(13-8-9-16(20)15(19)12-13)14-7-5-6-10-18(14,2)3/h8-9,12,14,17,21H,4-7,10-11H2,1-3H3. The van der Waals surface area contributed by atoms with E-state index < -0.39 is 0 Å². The number of nitrogens with one attached hydrogen (secondary N) is 1. The van der Waals surface area contributed by atoms with Gasteiger partial charge >= 0.3 is 0 Å². The maximum atomic E-state index is 13.5. The van der Waals surface area contributed by atoms with E-state index in [1.54, 1.807) is 6.07 Å². The van der Waals surface area contributed by atoms with Crippen LogP contribution in [0.25, 0.3) is 0 Å². The molecule has 0 heterocycles. The zero-order valence-corrected chi connectivity index (χ0v) is 15.0. The Morgan fingerprint density at radius 3 is 2.76 bits per heavy atom. The minimum Gasteiger partial charge on any atom is -0.310 e. The molecule has 0 amide bonds. The Morgan fingerprint density at radius 2 is 2.14 bits per heavy atom. The molecule has 0 bridgehead atoms. The predicted octanol–water partition coefficient (Wildman–Crippen LogP) is 5.85. The number of hydrogen-bond acceptors (Lipinski definition) is 1. The molecule has 2 rings (SSSR count). The monoisotopic (exact) mass is 355 g/mol. The summed E-state index contributed by atoms with van der Waals surface area (Å²) in [4.78, 5) is 0. The Bertz CT molecular complexity index is 472. The van der Waals surface area contributed by atoms with Gasteiger partial charge in [0.25, 0.3) is 0 Å². The van der Waals surface area contributed by atoms with Crippen LogP contribution in [0.3, 0.4) is 0 Å². The second-order valence-corrected chi connectivity index (χ2v) is 7.80. The molecule has 0 saturated heterocycles. The van der Waals surface area contributed by atoms with E-state index in [2.05, 4.69) is 42.0 Å². The second kappa shape index (κ2) is 7.23. The largest absolute Gasteiger partial charge is 0.310 e. The Hall–Kier alpha value is -0.410. The molecule has 118 valence electrons. The topological polar surface area (TPSA) is 12.0 Å². The molecular formula is C18H27BrFN. The molecule has 0 aliphatic heterocycles. The van der Waals surface area contributed by atoms with Crippen molar-refractivity contribution in [3.63, 3.8) is 0 Å². The molecule has 21 heavy (non-hydrogen) atoms. The molecule has 3 heteroatoms. The van der Waals surface area contributed by atoms with Crippen LogP contribution in [0.2, 0.25) is 0 Å². The lowest BCUT2D eigenvalue weighted by atomic mass is 9.65. The Kier molecular flexibility index (Phi) is 5.84. The van der Waals surface area contributed by atoms with Crippen molar-refractivity contribution in [1.29, 1.82) is 0 Å². The maximum absolute atomic E-state index is 13.5. The summed E-state index contributed by atoms with van der Waals surface area (Å²) in [7, 11) is 0. The molecule has 1 fully saturated rings. The van der Waals surface area contributed by atoms with Crippen molar-refractivity contribution in [1.82, 2.24) is 5.32 Å². The number of benzene rings is 1. The van der Waals surface area contributed by atoms with Crippen molar-refractivity contribution < 1.29 is 4.39 Å². The van der Waals surface area contributed by atoms with E-state index in [9.17, 15) is 4.39 Å². The van der Waals surface area contributed by atoms with Gasteiger partial charge in [-0.05, 0) is 70.8 Å². The van der Waals surface area contributed by atoms with Gasteiger partial charge in [0.15, 0.2) is 0 Å². The van der Waals surface area contributed by atoms with Crippen LogP contribution in [0.15, 0.2) is 22.7 Å². The molecule has 2 unspecified atom stereocenters. The van der Waals surface area contributed by atoms with Gasteiger partial charge in [0.05, 0.1) is 4.47 Å². The van der Waals surface area contributed by atoms with Crippen LogP contribution in [0.5, 0.6) is 0 Å². The Balaban J connectivity index is 2.30. The van der Waals surface area contributed by atoms with Gasteiger partial charge in [-0.15, -0.1) is 0 Å². The van der Waals surface area contributed by atoms with Crippen molar-refractivity contribution in [3.05, 3.63) is 34.1 Å². The second-order valence-electron chi connectivity index (χ2n) is 6.95. The lowest BCUT2D eigenvalue weighted by Gasteiger charge is -2.44. The molecule has 1 aliphatic carbocycles. The molecule has 1 aliphatic rings. The van der Waals surface area contributed by atoms with Gasteiger partial charge in [0, 0.05) is 6.04 Å². The molecule has 2 atom stereocenters. The highest BCUT2D eigenvalue weighted by molar-refractivity contribution is 9.10. The minimum absolute atomic E-state index is 0.184. The number of hydrogen-bond donors (Lipinski definition) is 1. The quantitative estimate of drug-likeness (QED) is 0.698. The fraction of sp³-hybridized carbons (Fsp3) is 0.667. The van der Waals surface area contributed by atoms with Crippen LogP contribution < -0.4 is 5.32 Å². The minimum atomic E-state index is -0.184. The van der Waals surface area contributed by atoms with Crippen LogP contribution in [-0.4, -0.2) is 6.54 Å². The van der Waals surface area contributed by atoms with E-state index in [4.69, 9.17) is 0 Å². The van der Waals surface area contributed by atoms with Crippen LogP contribution in [0.1, 0.15) is 64.5 Å². The Morgan fingerprint density at radius 1 is 1.38 bits per heavy atom. The molecule has 0 radical (unpaired) electrons. The summed E-state index contributed by atoms with van der Waals surface area (Å²) in [6.07, 6.45) is 6.29. The van der Waals surface area contributed by atoms with E-state index in [-0.39, 0.29) is 5.82 Å². The first-order valence-corrected chi connectivity index (χ1v) is 8.93. The van der Waals surface area contributed by atoms with E-state index >= 15 is 0 Å². The highest BCUT2D eigenvalue weighted by atomic mass is 79.9. The van der Waals surface area contributed by atoms with Gasteiger partial charge in [-0.2, -0.15) is 0 Å². The summed E-state index contributed by atoms with van der Waals surface area (Å²) < 4.78 is 14.1. The van der Waals surface area contributed by atoms with Gasteiger partial charge in [-0.1, -0.05) is 39.7 Å². The van der Waals surface area contributed by atoms with Crippen molar-refractivity contribution in [2.75, 3.05) is 6.54 Å². The highest BCUT2D eigenvalue weighted by Gasteiger charge is 2.38. The summed E-state index contributed by atoms with van der Waals surface area (Å²) >= 11 is 3.33. The van der Waals surface area contributed by atoms with Crippen molar-refractivity contribution >= 4 is 15.9 Å². The zero-order valence-electron chi connectivity index (χ0n) is 13.4. The maximum Gasteiger partial charge on any atom is 0.137 e. The van der Waals surface area contributed by atoms with Crippen LogP contribution >= 0.6 is 15.9 Å². The number of rotatable bonds is 5. The number of halogens is 2. The van der Waals surface area contributed by atoms with Gasteiger partial charge in [-0.3, -0.25) is 0 Å². The van der Waals surface area contributed by atoms with E-state index in [1.165, 1.54) is 31.2 Å². The smallest absolute Gasteiger partial charge is 0.137 e. The molecule has 1 saturated carbocycles. The summed E-state index contributed by atoms with van der Waals surface area (Å²) in [6.45, 7) is 7.97. The summed E-state index contributed by atoms with van der Waals surface area (Å²) in [5, 5.41) is 3.71. The molecule has 1 nitrogen and oxygen atoms in total. The first-order chi connectivity index (χ1) is 9.95. The van der Waals surface area contributed by atoms with Gasteiger partial charge in [0.2, 0.25) is 0 Å². The molecule has 1 aromatic rings. The van der Waals surface area contributed by atoms with Gasteiger partial charge in [0.1, 0.15) is 5.82 Å². The van der Waals surface area contributed by atoms with Crippen molar-refractivity contribution in [2.24, 2.45) is 11.3 Å². The average Bonchev–Trinajstić information content (AvgIpc) is 2.44. The predicted molar refractivity (Wildman–Crippen MR) is 90.9 cm³/mol. The molecule has 0 spiro atoms. The van der Waals surface area contributed by atoms with Crippen LogP contribution in [-0.2, 0) is 0 Å². The molecule has 0 aromatic heterocycles. The van der Waals surface area contributed by atoms with Gasteiger partial charge in [-0.25, -0.2) is 4.39 Å². The third-order valence-electron chi connectivity index (χ3n) is 4.91. The third kappa shape index (κ3) is 4.07. The van der Waals surface area contributed by atoms with Crippen LogP contribution in [0.4, 0.5) is 4.39 Å². The highest BCUT2D eigenvalue weighted by Crippen LogP contribution is 2.47. The molecule has 1 aromatic carbocycles. The third-order valence-corrected chi connectivity index (χ3v) is 5.52.